The third-order valence-corrected chi connectivity index (χ3v) is 3.90. The smallest absolute Gasteiger partial charge is 0.141 e. The summed E-state index contributed by atoms with van der Waals surface area (Å²) in [5.41, 5.74) is 3.48. The van der Waals surface area contributed by atoms with Gasteiger partial charge >= 0.3 is 0 Å². The fraction of sp³-hybridized carbons (Fsp3) is 0.538. The van der Waals surface area contributed by atoms with Crippen LogP contribution in [0.15, 0.2) is 18.2 Å². The fourth-order valence-corrected chi connectivity index (χ4v) is 2.63. The molecule has 2 rings (SSSR count). The Kier molecular flexibility index (Phi) is 4.22. The van der Waals surface area contributed by atoms with Gasteiger partial charge in [0, 0.05) is 6.61 Å². The van der Waals surface area contributed by atoms with Crippen molar-refractivity contribution in [2.24, 2.45) is 5.84 Å². The van der Waals surface area contributed by atoms with Crippen LogP contribution >= 0.6 is 11.6 Å². The van der Waals surface area contributed by atoms with Gasteiger partial charge in [0.25, 0.3) is 0 Å². The molecule has 0 amide bonds. The van der Waals surface area contributed by atoms with Gasteiger partial charge in [-0.05, 0) is 43.9 Å². The first-order valence-electron chi connectivity index (χ1n) is 6.09. The molecule has 0 saturated carbocycles. The molecule has 1 fully saturated rings. The van der Waals surface area contributed by atoms with Crippen molar-refractivity contribution in [3.8, 4) is 0 Å². The molecule has 0 spiro atoms. The van der Waals surface area contributed by atoms with Gasteiger partial charge in [-0.2, -0.15) is 0 Å². The summed E-state index contributed by atoms with van der Waals surface area (Å²) in [6, 6.07) is 4.73. The Balaban J connectivity index is 2.12. The minimum Gasteiger partial charge on any atom is -0.374 e. The molecule has 1 saturated heterocycles. The summed E-state index contributed by atoms with van der Waals surface area (Å²) in [6.07, 6.45) is 2.67. The number of halogens is 2. The van der Waals surface area contributed by atoms with Gasteiger partial charge < -0.3 is 4.74 Å². The number of hydrazine groups is 1. The number of hydrogen-bond donors (Lipinski definition) is 2. The maximum Gasteiger partial charge on any atom is 0.141 e. The van der Waals surface area contributed by atoms with Gasteiger partial charge in [0.1, 0.15) is 5.82 Å². The Morgan fingerprint density at radius 1 is 1.61 bits per heavy atom. The highest BCUT2D eigenvalue weighted by Gasteiger charge is 2.37. The zero-order valence-corrected chi connectivity index (χ0v) is 11.1. The lowest BCUT2D eigenvalue weighted by Gasteiger charge is -2.33. The van der Waals surface area contributed by atoms with E-state index in [1.165, 1.54) is 6.07 Å². The fourth-order valence-electron chi connectivity index (χ4n) is 2.43. The minimum atomic E-state index is -0.402. The Bertz CT molecular complexity index is 421. The highest BCUT2D eigenvalue weighted by molar-refractivity contribution is 6.30. The van der Waals surface area contributed by atoms with Crippen LogP contribution in [0.25, 0.3) is 0 Å². The second-order valence-corrected chi connectivity index (χ2v) is 5.34. The first kappa shape index (κ1) is 13.7. The van der Waals surface area contributed by atoms with E-state index >= 15 is 0 Å². The Morgan fingerprint density at radius 3 is 2.94 bits per heavy atom. The first-order valence-corrected chi connectivity index (χ1v) is 6.47. The Labute approximate surface area is 111 Å². The predicted molar refractivity (Wildman–Crippen MR) is 69.8 cm³/mol. The van der Waals surface area contributed by atoms with Crippen LogP contribution in [0.1, 0.15) is 25.3 Å². The molecule has 1 aliphatic heterocycles. The number of ether oxygens (including phenoxy) is 1. The summed E-state index contributed by atoms with van der Waals surface area (Å²) in [4.78, 5) is 0. The number of benzene rings is 1. The lowest BCUT2D eigenvalue weighted by molar-refractivity contribution is -0.0115. The molecular formula is C13H18ClFN2O. The van der Waals surface area contributed by atoms with Crippen molar-refractivity contribution in [3.05, 3.63) is 34.6 Å². The molecule has 1 aliphatic rings. The van der Waals surface area contributed by atoms with Crippen LogP contribution in [-0.4, -0.2) is 18.2 Å². The van der Waals surface area contributed by atoms with E-state index in [1.54, 1.807) is 12.1 Å². The van der Waals surface area contributed by atoms with Crippen molar-refractivity contribution in [1.29, 1.82) is 0 Å². The predicted octanol–water partition coefficient (Wildman–Crippen LogP) is 2.42. The first-order chi connectivity index (χ1) is 8.55. The van der Waals surface area contributed by atoms with Crippen LogP contribution in [-0.2, 0) is 11.2 Å². The van der Waals surface area contributed by atoms with Gasteiger partial charge in [-0.1, -0.05) is 17.7 Å². The standard InChI is InChI=1S/C13H18ClFN2O/c1-13(5-2-6-18-13)12(17-16)8-9-3-4-11(15)10(14)7-9/h3-4,7,12,17H,2,5-6,8,16H2,1H3. The second-order valence-electron chi connectivity index (χ2n) is 4.94. The molecule has 100 valence electrons. The number of rotatable bonds is 4. The van der Waals surface area contributed by atoms with E-state index < -0.39 is 5.82 Å². The van der Waals surface area contributed by atoms with E-state index in [0.717, 1.165) is 25.0 Å². The number of nitrogens with one attached hydrogen (secondary N) is 1. The van der Waals surface area contributed by atoms with Crippen molar-refractivity contribution in [2.45, 2.75) is 37.8 Å². The quantitative estimate of drug-likeness (QED) is 0.654. The second kappa shape index (κ2) is 5.53. The van der Waals surface area contributed by atoms with Gasteiger partial charge in [0.15, 0.2) is 0 Å². The molecule has 0 bridgehead atoms. The molecule has 18 heavy (non-hydrogen) atoms. The monoisotopic (exact) mass is 272 g/mol. The molecule has 0 radical (unpaired) electrons. The van der Waals surface area contributed by atoms with E-state index in [0.29, 0.717) is 6.42 Å². The van der Waals surface area contributed by atoms with Crippen molar-refractivity contribution < 1.29 is 9.13 Å². The molecular weight excluding hydrogens is 255 g/mol. The van der Waals surface area contributed by atoms with Gasteiger partial charge in [0.2, 0.25) is 0 Å². The average Bonchev–Trinajstić information content (AvgIpc) is 2.78. The van der Waals surface area contributed by atoms with E-state index in [2.05, 4.69) is 12.3 Å². The van der Waals surface area contributed by atoms with Crippen LogP contribution in [0.2, 0.25) is 5.02 Å². The van der Waals surface area contributed by atoms with Gasteiger partial charge in [-0.15, -0.1) is 0 Å². The lowest BCUT2D eigenvalue weighted by atomic mass is 9.89. The summed E-state index contributed by atoms with van der Waals surface area (Å²) >= 11 is 5.78. The van der Waals surface area contributed by atoms with Crippen molar-refractivity contribution in [1.82, 2.24) is 5.43 Å². The Hall–Kier alpha value is -0.680. The highest BCUT2D eigenvalue weighted by atomic mass is 35.5. The largest absolute Gasteiger partial charge is 0.374 e. The van der Waals surface area contributed by atoms with E-state index in [1.807, 2.05) is 0 Å². The Morgan fingerprint density at radius 2 is 2.39 bits per heavy atom. The molecule has 1 aromatic rings. The number of hydrogen-bond acceptors (Lipinski definition) is 3. The number of nitrogens with two attached hydrogens (primary N) is 1. The third kappa shape index (κ3) is 2.83. The summed E-state index contributed by atoms with van der Waals surface area (Å²) in [5, 5.41) is 0.140. The van der Waals surface area contributed by atoms with E-state index in [9.17, 15) is 4.39 Å². The van der Waals surface area contributed by atoms with Crippen molar-refractivity contribution >= 4 is 11.6 Å². The third-order valence-electron chi connectivity index (χ3n) is 3.61. The maximum atomic E-state index is 13.1. The van der Waals surface area contributed by atoms with Crippen molar-refractivity contribution in [2.75, 3.05) is 6.61 Å². The summed E-state index contributed by atoms with van der Waals surface area (Å²) in [7, 11) is 0. The molecule has 1 aromatic carbocycles. The molecule has 3 nitrogen and oxygen atoms in total. The van der Waals surface area contributed by atoms with Crippen LogP contribution in [0, 0.1) is 5.82 Å². The van der Waals surface area contributed by atoms with E-state index in [-0.39, 0.29) is 16.7 Å². The van der Waals surface area contributed by atoms with Gasteiger partial charge in [-0.3, -0.25) is 11.3 Å². The summed E-state index contributed by atoms with van der Waals surface area (Å²) in [5.74, 6) is 5.21. The SMILES string of the molecule is CC1(C(Cc2ccc(F)c(Cl)c2)NN)CCCO1. The topological polar surface area (TPSA) is 47.3 Å². The molecule has 0 aliphatic carbocycles. The van der Waals surface area contributed by atoms with Crippen LogP contribution in [0.3, 0.4) is 0 Å². The average molecular weight is 273 g/mol. The normalized spacial score (nSPS) is 25.3. The molecule has 1 heterocycles. The van der Waals surface area contributed by atoms with Crippen LogP contribution in [0.5, 0.6) is 0 Å². The molecule has 2 unspecified atom stereocenters. The highest BCUT2D eigenvalue weighted by Crippen LogP contribution is 2.30. The van der Waals surface area contributed by atoms with Crippen LogP contribution in [0.4, 0.5) is 4.39 Å². The molecule has 2 atom stereocenters. The van der Waals surface area contributed by atoms with Crippen LogP contribution < -0.4 is 11.3 Å². The van der Waals surface area contributed by atoms with Gasteiger partial charge in [0.05, 0.1) is 16.7 Å². The molecule has 0 aromatic heterocycles. The van der Waals surface area contributed by atoms with E-state index in [4.69, 9.17) is 22.2 Å². The lowest BCUT2D eigenvalue weighted by Crippen LogP contribution is -2.52. The van der Waals surface area contributed by atoms with Gasteiger partial charge in [-0.25, -0.2) is 4.39 Å². The minimum absolute atomic E-state index is 0.0125. The zero-order chi connectivity index (χ0) is 13.2. The van der Waals surface area contributed by atoms with Crippen molar-refractivity contribution in [3.63, 3.8) is 0 Å². The molecule has 5 heteroatoms. The zero-order valence-electron chi connectivity index (χ0n) is 10.4. The molecule has 3 N–H and O–H groups in total. The summed E-state index contributed by atoms with van der Waals surface area (Å²) in [6.45, 7) is 2.81. The maximum absolute atomic E-state index is 13.1. The summed E-state index contributed by atoms with van der Waals surface area (Å²) < 4.78 is 18.9.